The minimum absolute atomic E-state index is 0.0521. The standard InChI is InChI=1S/C19H24N2O3/c1-13-5-3-6-15(11-13)24-17-8-4-7-16(19(17)22)21-14-9-10-18(23-2)20-12-14/h3,5-6,9-12,16-17,19,21-22H,4,7-8H2,1-2H3/t16-,17+,19+/m0/s1. The summed E-state index contributed by atoms with van der Waals surface area (Å²) in [6.07, 6.45) is 3.71. The van der Waals surface area contributed by atoms with Crippen molar-refractivity contribution in [2.24, 2.45) is 0 Å². The highest BCUT2D eigenvalue weighted by atomic mass is 16.5. The molecule has 1 aromatic heterocycles. The second-order valence-corrected chi connectivity index (χ2v) is 6.23. The van der Waals surface area contributed by atoms with Crippen LogP contribution in [-0.2, 0) is 0 Å². The molecule has 1 fully saturated rings. The number of aliphatic hydroxyl groups excluding tert-OH is 1. The lowest BCUT2D eigenvalue weighted by Gasteiger charge is -2.35. The predicted molar refractivity (Wildman–Crippen MR) is 93.7 cm³/mol. The van der Waals surface area contributed by atoms with Gasteiger partial charge in [0.25, 0.3) is 0 Å². The molecule has 0 amide bonds. The Labute approximate surface area is 142 Å². The normalized spacial score (nSPS) is 23.5. The van der Waals surface area contributed by atoms with E-state index in [9.17, 15) is 5.11 Å². The van der Waals surface area contributed by atoms with E-state index in [2.05, 4.69) is 10.3 Å². The Morgan fingerprint density at radius 1 is 1.21 bits per heavy atom. The number of hydrogen-bond acceptors (Lipinski definition) is 5. The van der Waals surface area contributed by atoms with E-state index in [0.717, 1.165) is 36.3 Å². The Kier molecular flexibility index (Phi) is 5.20. The third kappa shape index (κ3) is 3.97. The molecule has 1 saturated carbocycles. The number of nitrogens with one attached hydrogen (secondary N) is 1. The highest BCUT2D eigenvalue weighted by Crippen LogP contribution is 2.27. The van der Waals surface area contributed by atoms with Crippen molar-refractivity contribution < 1.29 is 14.6 Å². The summed E-state index contributed by atoms with van der Waals surface area (Å²) in [5.74, 6) is 1.39. The highest BCUT2D eigenvalue weighted by molar-refractivity contribution is 5.43. The number of methoxy groups -OCH3 is 1. The molecule has 0 saturated heterocycles. The molecule has 0 radical (unpaired) electrons. The molecule has 1 aliphatic rings. The van der Waals surface area contributed by atoms with Gasteiger partial charge < -0.3 is 19.9 Å². The average Bonchev–Trinajstić information content (AvgIpc) is 2.59. The molecule has 2 aromatic rings. The Hall–Kier alpha value is -2.27. The summed E-state index contributed by atoms with van der Waals surface area (Å²) in [7, 11) is 1.59. The Morgan fingerprint density at radius 3 is 2.79 bits per heavy atom. The first-order valence-corrected chi connectivity index (χ1v) is 8.33. The first-order chi connectivity index (χ1) is 11.7. The van der Waals surface area contributed by atoms with Gasteiger partial charge in [0.2, 0.25) is 5.88 Å². The zero-order valence-corrected chi connectivity index (χ0v) is 14.1. The van der Waals surface area contributed by atoms with Crippen molar-refractivity contribution in [3.05, 3.63) is 48.2 Å². The fraction of sp³-hybridized carbons (Fsp3) is 0.421. The van der Waals surface area contributed by atoms with Crippen LogP contribution in [0.2, 0.25) is 0 Å². The lowest BCUT2D eigenvalue weighted by atomic mass is 9.89. The molecule has 3 atom stereocenters. The monoisotopic (exact) mass is 328 g/mol. The zero-order valence-electron chi connectivity index (χ0n) is 14.1. The second-order valence-electron chi connectivity index (χ2n) is 6.23. The molecule has 3 rings (SSSR count). The van der Waals surface area contributed by atoms with Gasteiger partial charge in [-0.1, -0.05) is 12.1 Å². The SMILES string of the molecule is COc1ccc(N[C@H]2CCC[C@@H](Oc3cccc(C)c3)[C@@H]2O)cn1. The van der Waals surface area contributed by atoms with E-state index < -0.39 is 6.10 Å². The molecule has 24 heavy (non-hydrogen) atoms. The van der Waals surface area contributed by atoms with Gasteiger partial charge in [0.1, 0.15) is 18.0 Å². The summed E-state index contributed by atoms with van der Waals surface area (Å²) in [6.45, 7) is 2.03. The van der Waals surface area contributed by atoms with E-state index in [4.69, 9.17) is 9.47 Å². The fourth-order valence-corrected chi connectivity index (χ4v) is 3.09. The number of aryl methyl sites for hydroxylation is 1. The van der Waals surface area contributed by atoms with Crippen LogP contribution >= 0.6 is 0 Å². The third-order valence-corrected chi connectivity index (χ3v) is 4.37. The molecule has 5 heteroatoms. The van der Waals surface area contributed by atoms with E-state index in [1.54, 1.807) is 19.4 Å². The van der Waals surface area contributed by atoms with E-state index in [0.29, 0.717) is 5.88 Å². The van der Waals surface area contributed by atoms with E-state index in [1.807, 2.05) is 37.3 Å². The number of ether oxygens (including phenoxy) is 2. The number of rotatable bonds is 5. The molecule has 0 aliphatic heterocycles. The minimum atomic E-state index is -0.568. The molecule has 1 heterocycles. The molecule has 0 unspecified atom stereocenters. The number of nitrogens with zero attached hydrogens (tertiary/aromatic N) is 1. The molecule has 5 nitrogen and oxygen atoms in total. The lowest BCUT2D eigenvalue weighted by Crippen LogP contribution is -2.48. The molecule has 1 aromatic carbocycles. The number of aromatic nitrogens is 1. The van der Waals surface area contributed by atoms with Crippen LogP contribution in [0.15, 0.2) is 42.6 Å². The molecule has 1 aliphatic carbocycles. The van der Waals surface area contributed by atoms with Gasteiger partial charge in [0.15, 0.2) is 0 Å². The third-order valence-electron chi connectivity index (χ3n) is 4.37. The van der Waals surface area contributed by atoms with Crippen LogP contribution in [0.25, 0.3) is 0 Å². The number of pyridine rings is 1. The van der Waals surface area contributed by atoms with Gasteiger partial charge in [-0.15, -0.1) is 0 Å². The Balaban J connectivity index is 1.64. The van der Waals surface area contributed by atoms with Crippen molar-refractivity contribution in [3.8, 4) is 11.6 Å². The van der Waals surface area contributed by atoms with E-state index in [1.165, 1.54) is 0 Å². The number of benzene rings is 1. The molecule has 0 bridgehead atoms. The van der Waals surface area contributed by atoms with Gasteiger partial charge in [-0.25, -0.2) is 4.98 Å². The van der Waals surface area contributed by atoms with E-state index >= 15 is 0 Å². The highest BCUT2D eigenvalue weighted by Gasteiger charge is 2.33. The number of hydrogen-bond donors (Lipinski definition) is 2. The molecule has 0 spiro atoms. The van der Waals surface area contributed by atoms with E-state index in [-0.39, 0.29) is 12.1 Å². The van der Waals surface area contributed by atoms with Crippen LogP contribution in [0.1, 0.15) is 24.8 Å². The first kappa shape index (κ1) is 16.6. The summed E-state index contributed by atoms with van der Waals surface area (Å²) in [5, 5.41) is 14.0. The van der Waals surface area contributed by atoms with Gasteiger partial charge in [-0.05, 0) is 49.9 Å². The zero-order chi connectivity index (χ0) is 16.9. The van der Waals surface area contributed by atoms with Gasteiger partial charge >= 0.3 is 0 Å². The lowest BCUT2D eigenvalue weighted by molar-refractivity contribution is -0.00112. The Bertz CT molecular complexity index is 660. The summed E-state index contributed by atoms with van der Waals surface area (Å²) < 4.78 is 11.1. The topological polar surface area (TPSA) is 63.6 Å². The van der Waals surface area contributed by atoms with Gasteiger partial charge in [-0.2, -0.15) is 0 Å². The second kappa shape index (κ2) is 7.53. The molecular weight excluding hydrogens is 304 g/mol. The van der Waals surface area contributed by atoms with Gasteiger partial charge in [0.05, 0.1) is 25.0 Å². The van der Waals surface area contributed by atoms with Gasteiger partial charge in [-0.3, -0.25) is 0 Å². The van der Waals surface area contributed by atoms with Crippen LogP contribution in [0, 0.1) is 6.92 Å². The fourth-order valence-electron chi connectivity index (χ4n) is 3.09. The van der Waals surface area contributed by atoms with Crippen LogP contribution < -0.4 is 14.8 Å². The molecule has 2 N–H and O–H groups in total. The summed E-state index contributed by atoms with van der Waals surface area (Å²) in [4.78, 5) is 4.19. The maximum Gasteiger partial charge on any atom is 0.213 e. The van der Waals surface area contributed by atoms with Gasteiger partial charge in [0, 0.05) is 6.07 Å². The van der Waals surface area contributed by atoms with Crippen molar-refractivity contribution in [2.75, 3.05) is 12.4 Å². The van der Waals surface area contributed by atoms with Crippen molar-refractivity contribution in [1.29, 1.82) is 0 Å². The first-order valence-electron chi connectivity index (χ1n) is 8.33. The average molecular weight is 328 g/mol. The minimum Gasteiger partial charge on any atom is -0.488 e. The van der Waals surface area contributed by atoms with Crippen LogP contribution in [-0.4, -0.2) is 35.5 Å². The molecule has 128 valence electrons. The quantitative estimate of drug-likeness (QED) is 0.883. The van der Waals surface area contributed by atoms with Crippen molar-refractivity contribution in [2.45, 2.75) is 44.4 Å². The maximum atomic E-state index is 10.7. The predicted octanol–water partition coefficient (Wildman–Crippen LogP) is 3.17. The van der Waals surface area contributed by atoms with Crippen LogP contribution in [0.3, 0.4) is 0 Å². The smallest absolute Gasteiger partial charge is 0.213 e. The van der Waals surface area contributed by atoms with Crippen molar-refractivity contribution in [3.63, 3.8) is 0 Å². The van der Waals surface area contributed by atoms with Crippen molar-refractivity contribution in [1.82, 2.24) is 4.98 Å². The largest absolute Gasteiger partial charge is 0.488 e. The molecular formula is C19H24N2O3. The number of aliphatic hydroxyl groups is 1. The van der Waals surface area contributed by atoms with Crippen LogP contribution in [0.4, 0.5) is 5.69 Å². The summed E-state index contributed by atoms with van der Waals surface area (Å²) >= 11 is 0. The number of anilines is 1. The maximum absolute atomic E-state index is 10.7. The van der Waals surface area contributed by atoms with Crippen LogP contribution in [0.5, 0.6) is 11.6 Å². The summed E-state index contributed by atoms with van der Waals surface area (Å²) in [6, 6.07) is 11.6. The summed E-state index contributed by atoms with van der Waals surface area (Å²) in [5.41, 5.74) is 2.02. The Morgan fingerprint density at radius 2 is 2.08 bits per heavy atom. The van der Waals surface area contributed by atoms with Crippen molar-refractivity contribution >= 4 is 5.69 Å².